The first kappa shape index (κ1) is 13.6. The van der Waals surface area contributed by atoms with E-state index in [0.717, 1.165) is 25.7 Å². The summed E-state index contributed by atoms with van der Waals surface area (Å²) >= 11 is 0. The van der Waals surface area contributed by atoms with E-state index in [-0.39, 0.29) is 0 Å². The molecule has 1 aliphatic carbocycles. The van der Waals surface area contributed by atoms with Gasteiger partial charge < -0.3 is 5.11 Å². The Morgan fingerprint density at radius 1 is 1.28 bits per heavy atom. The van der Waals surface area contributed by atoms with Gasteiger partial charge in [-0.3, -0.25) is 0 Å². The average Bonchev–Trinajstić information content (AvgIpc) is 2.55. The second-order valence-corrected chi connectivity index (χ2v) is 7.11. The Morgan fingerprint density at radius 3 is 2.67 bits per heavy atom. The van der Waals surface area contributed by atoms with E-state index in [1.54, 1.807) is 0 Å². The van der Waals surface area contributed by atoms with Crippen molar-refractivity contribution < 1.29 is 5.11 Å². The minimum Gasteiger partial charge on any atom is -0.385 e. The van der Waals surface area contributed by atoms with E-state index in [9.17, 15) is 5.11 Å². The standard InChI is InChI=1S/C17H26O/c1-13-6-7-14-8-11-17(18,15(14)12-13)10-5-9-16(2,3)4/h6-7,12,18H,5,8-11H2,1-4H3. The van der Waals surface area contributed by atoms with Crippen LogP contribution in [0.15, 0.2) is 18.2 Å². The van der Waals surface area contributed by atoms with Crippen LogP contribution in [0.5, 0.6) is 0 Å². The van der Waals surface area contributed by atoms with Crippen molar-refractivity contribution in [1.82, 2.24) is 0 Å². The molecule has 0 radical (unpaired) electrons. The number of fused-ring (bicyclic) bond motifs is 1. The highest BCUT2D eigenvalue weighted by atomic mass is 16.3. The van der Waals surface area contributed by atoms with Crippen molar-refractivity contribution in [2.24, 2.45) is 5.41 Å². The first-order chi connectivity index (χ1) is 8.30. The molecule has 1 N–H and O–H groups in total. The molecule has 0 fully saturated rings. The highest BCUT2D eigenvalue weighted by molar-refractivity contribution is 5.39. The van der Waals surface area contributed by atoms with Crippen LogP contribution in [0.4, 0.5) is 0 Å². The van der Waals surface area contributed by atoms with Crippen LogP contribution in [0.3, 0.4) is 0 Å². The summed E-state index contributed by atoms with van der Waals surface area (Å²) in [6.07, 6.45) is 5.11. The van der Waals surface area contributed by atoms with Crippen LogP contribution < -0.4 is 0 Å². The second kappa shape index (κ2) is 4.70. The smallest absolute Gasteiger partial charge is 0.0902 e. The number of benzene rings is 1. The largest absolute Gasteiger partial charge is 0.385 e. The number of aliphatic hydroxyl groups is 1. The van der Waals surface area contributed by atoms with E-state index in [4.69, 9.17) is 0 Å². The Morgan fingerprint density at radius 2 is 2.00 bits per heavy atom. The highest BCUT2D eigenvalue weighted by Gasteiger charge is 2.36. The molecule has 1 nitrogen and oxygen atoms in total. The molecule has 1 atom stereocenters. The molecule has 0 saturated heterocycles. The monoisotopic (exact) mass is 246 g/mol. The molecule has 1 unspecified atom stereocenters. The van der Waals surface area contributed by atoms with Crippen LogP contribution in [0, 0.1) is 12.3 Å². The molecule has 0 saturated carbocycles. The first-order valence-corrected chi connectivity index (χ1v) is 7.13. The zero-order chi connectivity index (χ0) is 13.4. The van der Waals surface area contributed by atoms with Crippen molar-refractivity contribution in [3.8, 4) is 0 Å². The lowest BCUT2D eigenvalue weighted by molar-refractivity contribution is 0.0246. The van der Waals surface area contributed by atoms with Gasteiger partial charge >= 0.3 is 0 Å². The molecule has 100 valence electrons. The minimum absolute atomic E-state index is 0.365. The maximum atomic E-state index is 10.9. The van der Waals surface area contributed by atoms with Gasteiger partial charge in [-0.2, -0.15) is 0 Å². The molecular weight excluding hydrogens is 220 g/mol. The Kier molecular flexibility index (Phi) is 3.55. The molecule has 18 heavy (non-hydrogen) atoms. The van der Waals surface area contributed by atoms with Gasteiger partial charge in [0.1, 0.15) is 0 Å². The van der Waals surface area contributed by atoms with Crippen LogP contribution in [-0.4, -0.2) is 5.11 Å². The van der Waals surface area contributed by atoms with Gasteiger partial charge in [0.15, 0.2) is 0 Å². The van der Waals surface area contributed by atoms with Gasteiger partial charge in [-0.05, 0) is 55.6 Å². The number of aryl methyl sites for hydroxylation is 2. The molecule has 0 bridgehead atoms. The lowest BCUT2D eigenvalue weighted by atomic mass is 9.84. The van der Waals surface area contributed by atoms with Gasteiger partial charge in [-0.1, -0.05) is 44.5 Å². The molecule has 1 heteroatoms. The third-order valence-corrected chi connectivity index (χ3v) is 4.09. The van der Waals surface area contributed by atoms with Gasteiger partial charge in [-0.25, -0.2) is 0 Å². The third kappa shape index (κ3) is 2.95. The summed E-state index contributed by atoms with van der Waals surface area (Å²) < 4.78 is 0. The fourth-order valence-electron chi connectivity index (χ4n) is 2.99. The SMILES string of the molecule is Cc1ccc2c(c1)C(O)(CCCC(C)(C)C)CC2. The quantitative estimate of drug-likeness (QED) is 0.841. The topological polar surface area (TPSA) is 20.2 Å². The lowest BCUT2D eigenvalue weighted by Crippen LogP contribution is -2.23. The van der Waals surface area contributed by atoms with Crippen molar-refractivity contribution in [3.05, 3.63) is 34.9 Å². The van der Waals surface area contributed by atoms with Crippen molar-refractivity contribution in [2.75, 3.05) is 0 Å². The highest BCUT2D eigenvalue weighted by Crippen LogP contribution is 2.41. The van der Waals surface area contributed by atoms with Gasteiger partial charge in [0.05, 0.1) is 5.60 Å². The molecule has 2 rings (SSSR count). The Hall–Kier alpha value is -0.820. The van der Waals surface area contributed by atoms with Gasteiger partial charge in [0.2, 0.25) is 0 Å². The van der Waals surface area contributed by atoms with E-state index in [1.807, 2.05) is 0 Å². The normalized spacial score (nSPS) is 23.2. The summed E-state index contributed by atoms with van der Waals surface area (Å²) in [4.78, 5) is 0. The van der Waals surface area contributed by atoms with Crippen molar-refractivity contribution in [2.45, 2.75) is 65.4 Å². The van der Waals surface area contributed by atoms with Crippen molar-refractivity contribution >= 4 is 0 Å². The summed E-state index contributed by atoms with van der Waals surface area (Å²) in [5, 5.41) is 10.9. The fourth-order valence-corrected chi connectivity index (χ4v) is 2.99. The summed E-state index contributed by atoms with van der Waals surface area (Å²) in [5.74, 6) is 0. The minimum atomic E-state index is -0.563. The molecule has 1 aromatic rings. The van der Waals surface area contributed by atoms with Crippen LogP contribution in [-0.2, 0) is 12.0 Å². The summed E-state index contributed by atoms with van der Waals surface area (Å²) in [6.45, 7) is 8.91. The summed E-state index contributed by atoms with van der Waals surface area (Å²) in [6, 6.07) is 6.52. The predicted octanol–water partition coefficient (Wildman–Crippen LogP) is 4.35. The zero-order valence-corrected chi connectivity index (χ0v) is 12.2. The molecule has 0 aromatic heterocycles. The van der Waals surface area contributed by atoms with Crippen LogP contribution in [0.2, 0.25) is 0 Å². The second-order valence-electron chi connectivity index (χ2n) is 7.11. The average molecular weight is 246 g/mol. The molecule has 0 heterocycles. The van der Waals surface area contributed by atoms with E-state index in [2.05, 4.69) is 45.9 Å². The Labute approximate surface area is 111 Å². The number of hydrogen-bond donors (Lipinski definition) is 1. The van der Waals surface area contributed by atoms with Crippen molar-refractivity contribution in [1.29, 1.82) is 0 Å². The lowest BCUT2D eigenvalue weighted by Gasteiger charge is -2.26. The Bertz CT molecular complexity index is 428. The molecular formula is C17H26O. The zero-order valence-electron chi connectivity index (χ0n) is 12.2. The summed E-state index contributed by atoms with van der Waals surface area (Å²) in [5.41, 5.74) is 3.59. The maximum absolute atomic E-state index is 10.9. The van der Waals surface area contributed by atoms with Crippen LogP contribution >= 0.6 is 0 Å². The van der Waals surface area contributed by atoms with Crippen molar-refractivity contribution in [3.63, 3.8) is 0 Å². The maximum Gasteiger partial charge on any atom is 0.0902 e. The third-order valence-electron chi connectivity index (χ3n) is 4.09. The van der Waals surface area contributed by atoms with E-state index in [1.165, 1.54) is 23.1 Å². The fraction of sp³-hybridized carbons (Fsp3) is 0.647. The molecule has 1 aromatic carbocycles. The van der Waals surface area contributed by atoms with Gasteiger partial charge in [0.25, 0.3) is 0 Å². The Balaban J connectivity index is 2.08. The van der Waals surface area contributed by atoms with E-state index >= 15 is 0 Å². The number of hydrogen-bond acceptors (Lipinski definition) is 1. The number of rotatable bonds is 3. The van der Waals surface area contributed by atoms with Gasteiger partial charge in [-0.15, -0.1) is 0 Å². The molecule has 0 spiro atoms. The van der Waals surface area contributed by atoms with Gasteiger partial charge in [0, 0.05) is 0 Å². The predicted molar refractivity (Wildman–Crippen MR) is 76.7 cm³/mol. The molecule has 1 aliphatic rings. The van der Waals surface area contributed by atoms with E-state index in [0.29, 0.717) is 5.41 Å². The summed E-state index contributed by atoms with van der Waals surface area (Å²) in [7, 11) is 0. The first-order valence-electron chi connectivity index (χ1n) is 7.13. The molecule has 0 amide bonds. The van der Waals surface area contributed by atoms with E-state index < -0.39 is 5.60 Å². The van der Waals surface area contributed by atoms with Crippen LogP contribution in [0.1, 0.15) is 63.1 Å². The van der Waals surface area contributed by atoms with Crippen LogP contribution in [0.25, 0.3) is 0 Å². The molecule has 0 aliphatic heterocycles.